The average Bonchev–Trinajstić information content (AvgIpc) is 3.29. The first-order valence-corrected chi connectivity index (χ1v) is 10.6. The predicted octanol–water partition coefficient (Wildman–Crippen LogP) is 5.11. The Hall–Kier alpha value is -3.10. The van der Waals surface area contributed by atoms with Crippen LogP contribution in [0.3, 0.4) is 0 Å². The molecule has 0 saturated heterocycles. The Kier molecular flexibility index (Phi) is 6.11. The van der Waals surface area contributed by atoms with Crippen LogP contribution >= 0.6 is 22.9 Å². The van der Waals surface area contributed by atoms with Gasteiger partial charge in [0, 0.05) is 18.0 Å². The van der Waals surface area contributed by atoms with Crippen LogP contribution in [0.15, 0.2) is 64.0 Å². The number of nitrogens with zero attached hydrogens (tertiary/aromatic N) is 5. The Morgan fingerprint density at radius 1 is 1.06 bits per heavy atom. The second-order valence-electron chi connectivity index (χ2n) is 6.76. The third kappa shape index (κ3) is 4.50. The molecule has 0 unspecified atom stereocenters. The molecule has 5 nitrogen and oxygen atoms in total. The number of aromatic nitrogens is 3. The van der Waals surface area contributed by atoms with E-state index >= 15 is 0 Å². The fraction of sp³-hybridized carbons (Fsp3) is 0.136. The van der Waals surface area contributed by atoms with E-state index in [4.69, 9.17) is 11.6 Å². The minimum atomic E-state index is -0.301. The minimum absolute atomic E-state index is 0.291. The summed E-state index contributed by atoms with van der Waals surface area (Å²) in [7, 11) is 1.69. The lowest BCUT2D eigenvalue weighted by molar-refractivity contribution is 0.624. The third-order valence-electron chi connectivity index (χ3n) is 4.67. The number of aryl methyl sites for hydroxylation is 1. The van der Waals surface area contributed by atoms with Crippen LogP contribution in [-0.2, 0) is 6.54 Å². The maximum atomic E-state index is 13.3. The molecule has 0 aliphatic heterocycles. The number of hydrogen-bond donors (Lipinski definition) is 0. The van der Waals surface area contributed by atoms with E-state index in [1.807, 2.05) is 12.3 Å². The van der Waals surface area contributed by atoms with Gasteiger partial charge in [0.25, 0.3) is 0 Å². The summed E-state index contributed by atoms with van der Waals surface area (Å²) in [5.74, 6) is -0.591. The molecule has 4 rings (SSSR count). The van der Waals surface area contributed by atoms with Crippen molar-refractivity contribution < 1.29 is 8.78 Å². The first kappa shape index (κ1) is 21.1. The van der Waals surface area contributed by atoms with E-state index in [1.165, 1.54) is 35.6 Å². The molecule has 0 atom stereocenters. The van der Waals surface area contributed by atoms with Crippen molar-refractivity contribution in [3.05, 3.63) is 92.3 Å². The second-order valence-corrected chi connectivity index (χ2v) is 7.96. The van der Waals surface area contributed by atoms with Gasteiger partial charge in [0.15, 0.2) is 0 Å². The minimum Gasteiger partial charge on any atom is -0.261 e. The molecule has 31 heavy (non-hydrogen) atoms. The van der Waals surface area contributed by atoms with Crippen molar-refractivity contribution >= 4 is 29.2 Å². The summed E-state index contributed by atoms with van der Waals surface area (Å²) in [6, 6.07) is 12.4. The monoisotopic (exact) mass is 457 g/mol. The summed E-state index contributed by atoms with van der Waals surface area (Å²) < 4.78 is 29.8. The molecule has 0 bridgehead atoms. The maximum Gasteiger partial charge on any atom is 0.205 e. The van der Waals surface area contributed by atoms with Crippen molar-refractivity contribution in [3.63, 3.8) is 0 Å². The van der Waals surface area contributed by atoms with Crippen molar-refractivity contribution in [2.45, 2.75) is 13.5 Å². The van der Waals surface area contributed by atoms with Crippen molar-refractivity contribution in [2.75, 3.05) is 7.05 Å². The molecule has 0 aliphatic carbocycles. The molecule has 9 heteroatoms. The van der Waals surface area contributed by atoms with Crippen molar-refractivity contribution in [3.8, 4) is 11.3 Å². The van der Waals surface area contributed by atoms with Crippen LogP contribution in [-0.4, -0.2) is 27.7 Å². The zero-order chi connectivity index (χ0) is 22.0. The van der Waals surface area contributed by atoms with Crippen LogP contribution in [0.5, 0.6) is 0 Å². The maximum absolute atomic E-state index is 13.3. The van der Waals surface area contributed by atoms with Gasteiger partial charge in [-0.1, -0.05) is 23.7 Å². The highest BCUT2D eigenvalue weighted by molar-refractivity contribution is 7.07. The van der Waals surface area contributed by atoms with Crippen molar-refractivity contribution in [2.24, 2.45) is 10.1 Å². The van der Waals surface area contributed by atoms with E-state index < -0.39 is 0 Å². The van der Waals surface area contributed by atoms with Crippen LogP contribution in [0.25, 0.3) is 11.3 Å². The standard InChI is InChI=1S/C22H18ClF2N5S/c1-14-19(21(23)29(28-14)12-15-3-7-17(24)8-4-15)11-27-30-20(13-31-22(30)26-2)16-5-9-18(25)10-6-16/h3-11,13H,12H2,1-2H3. The molecule has 0 amide bonds. The molecule has 158 valence electrons. The smallest absolute Gasteiger partial charge is 0.205 e. The lowest BCUT2D eigenvalue weighted by Crippen LogP contribution is -2.11. The topological polar surface area (TPSA) is 47.5 Å². The lowest BCUT2D eigenvalue weighted by atomic mass is 10.2. The Balaban J connectivity index is 1.68. The number of thiazole rings is 1. The van der Waals surface area contributed by atoms with Gasteiger partial charge in [-0.2, -0.15) is 10.2 Å². The molecule has 2 aromatic heterocycles. The normalized spacial score (nSPS) is 12.2. The Bertz CT molecular complexity index is 1300. The van der Waals surface area contributed by atoms with Crippen LogP contribution < -0.4 is 4.80 Å². The largest absolute Gasteiger partial charge is 0.261 e. The molecule has 2 heterocycles. The molecule has 0 N–H and O–H groups in total. The van der Waals surface area contributed by atoms with Gasteiger partial charge in [0.2, 0.25) is 4.80 Å². The summed E-state index contributed by atoms with van der Waals surface area (Å²) in [6.45, 7) is 2.26. The van der Waals surface area contributed by atoms with Gasteiger partial charge in [-0.3, -0.25) is 4.99 Å². The van der Waals surface area contributed by atoms with E-state index in [0.717, 1.165) is 16.8 Å². The van der Waals surface area contributed by atoms with E-state index in [9.17, 15) is 8.78 Å². The van der Waals surface area contributed by atoms with Crippen molar-refractivity contribution in [1.29, 1.82) is 0 Å². The van der Waals surface area contributed by atoms with Gasteiger partial charge in [-0.05, 0) is 48.9 Å². The molecule has 0 fully saturated rings. The molecule has 0 aliphatic rings. The quantitative estimate of drug-likeness (QED) is 0.384. The van der Waals surface area contributed by atoms with Gasteiger partial charge in [-0.15, -0.1) is 11.3 Å². The highest BCUT2D eigenvalue weighted by Gasteiger charge is 2.13. The SMILES string of the molecule is CN=c1scc(-c2ccc(F)cc2)n1N=Cc1c(C)nn(Cc2ccc(F)cc2)c1Cl. The second kappa shape index (κ2) is 8.95. The van der Waals surface area contributed by atoms with E-state index in [0.29, 0.717) is 27.8 Å². The summed E-state index contributed by atoms with van der Waals surface area (Å²) in [5.41, 5.74) is 3.88. The average molecular weight is 458 g/mol. The molecule has 2 aromatic carbocycles. The molecular formula is C22H18ClF2N5S. The van der Waals surface area contributed by atoms with Gasteiger partial charge >= 0.3 is 0 Å². The number of benzene rings is 2. The van der Waals surface area contributed by atoms with Crippen molar-refractivity contribution in [1.82, 2.24) is 14.5 Å². The van der Waals surface area contributed by atoms with Crippen LogP contribution in [0, 0.1) is 18.6 Å². The number of halogens is 3. The number of rotatable bonds is 5. The summed E-state index contributed by atoms with van der Waals surface area (Å²) >= 11 is 7.99. The Labute approximate surface area is 186 Å². The van der Waals surface area contributed by atoms with Crippen LogP contribution in [0.4, 0.5) is 8.78 Å². The molecule has 0 spiro atoms. The van der Waals surface area contributed by atoms with E-state index in [2.05, 4.69) is 15.2 Å². The Morgan fingerprint density at radius 3 is 2.35 bits per heavy atom. The summed E-state index contributed by atoms with van der Waals surface area (Å²) in [4.78, 5) is 4.95. The van der Waals surface area contributed by atoms with E-state index in [-0.39, 0.29) is 11.6 Å². The summed E-state index contributed by atoms with van der Waals surface area (Å²) in [6.07, 6.45) is 1.64. The highest BCUT2D eigenvalue weighted by atomic mass is 35.5. The molecule has 0 saturated carbocycles. The van der Waals surface area contributed by atoms with Crippen LogP contribution in [0.2, 0.25) is 5.15 Å². The van der Waals surface area contributed by atoms with Gasteiger partial charge in [0.05, 0.1) is 29.7 Å². The zero-order valence-electron chi connectivity index (χ0n) is 16.8. The first-order chi connectivity index (χ1) is 15.0. The molecular weight excluding hydrogens is 440 g/mol. The van der Waals surface area contributed by atoms with Gasteiger partial charge in [0.1, 0.15) is 16.8 Å². The molecule has 4 aromatic rings. The zero-order valence-corrected chi connectivity index (χ0v) is 18.3. The van der Waals surface area contributed by atoms with Crippen LogP contribution in [0.1, 0.15) is 16.8 Å². The fourth-order valence-corrected chi connectivity index (χ4v) is 4.17. The first-order valence-electron chi connectivity index (χ1n) is 9.37. The summed E-state index contributed by atoms with van der Waals surface area (Å²) in [5, 5.41) is 11.4. The fourth-order valence-electron chi connectivity index (χ4n) is 3.08. The van der Waals surface area contributed by atoms with E-state index in [1.54, 1.807) is 46.9 Å². The van der Waals surface area contributed by atoms with Gasteiger partial charge in [-0.25, -0.2) is 18.1 Å². The van der Waals surface area contributed by atoms with Gasteiger partial charge < -0.3 is 0 Å². The Morgan fingerprint density at radius 2 is 1.71 bits per heavy atom. The lowest BCUT2D eigenvalue weighted by Gasteiger charge is -2.04. The third-order valence-corrected chi connectivity index (χ3v) is 5.98. The molecule has 0 radical (unpaired) electrons. The number of hydrogen-bond acceptors (Lipinski definition) is 4. The highest BCUT2D eigenvalue weighted by Crippen LogP contribution is 2.22. The predicted molar refractivity (Wildman–Crippen MR) is 120 cm³/mol.